The highest BCUT2D eigenvalue weighted by molar-refractivity contribution is 5.94. The predicted molar refractivity (Wildman–Crippen MR) is 105 cm³/mol. The Labute approximate surface area is 164 Å². The second kappa shape index (κ2) is 8.42. The molecule has 2 aromatic rings. The van der Waals surface area contributed by atoms with Crippen molar-refractivity contribution in [3.8, 4) is 5.75 Å². The molecule has 0 saturated heterocycles. The highest BCUT2D eigenvalue weighted by Crippen LogP contribution is 2.40. The van der Waals surface area contributed by atoms with Crippen molar-refractivity contribution in [1.29, 1.82) is 0 Å². The molecule has 1 aliphatic carbocycles. The minimum absolute atomic E-state index is 0.0236. The summed E-state index contributed by atoms with van der Waals surface area (Å²) in [5.41, 5.74) is 1.46. The van der Waals surface area contributed by atoms with Gasteiger partial charge in [0.15, 0.2) is 0 Å². The third kappa shape index (κ3) is 4.32. The molecule has 1 aliphatic rings. The van der Waals surface area contributed by atoms with Crippen LogP contribution in [0.15, 0.2) is 48.5 Å². The van der Waals surface area contributed by atoms with Gasteiger partial charge in [0.05, 0.1) is 7.11 Å². The van der Waals surface area contributed by atoms with Crippen molar-refractivity contribution < 1.29 is 18.7 Å². The van der Waals surface area contributed by atoms with Crippen LogP contribution in [0.5, 0.6) is 5.75 Å². The van der Waals surface area contributed by atoms with Crippen LogP contribution in [0.25, 0.3) is 0 Å². The van der Waals surface area contributed by atoms with E-state index >= 15 is 0 Å². The Morgan fingerprint density at radius 1 is 1.04 bits per heavy atom. The number of hydrogen-bond acceptors (Lipinski definition) is 3. The summed E-state index contributed by atoms with van der Waals surface area (Å²) in [5, 5.41) is 3.04. The number of halogens is 1. The number of rotatable bonds is 5. The zero-order valence-electron chi connectivity index (χ0n) is 16.3. The van der Waals surface area contributed by atoms with Gasteiger partial charge in [-0.15, -0.1) is 0 Å². The standard InChI is InChI=1S/C22H25FN2O3/c1-25(2)22(27)20-13-17(12-19(20)14-4-8-16(23)9-5-14)24-21(26)15-6-10-18(28-3)11-7-15/h4-11,17,19-20H,12-13H2,1-3H3,(H,24,26)/t17-,19+,20-/m0/s1. The summed E-state index contributed by atoms with van der Waals surface area (Å²) in [6.07, 6.45) is 1.19. The van der Waals surface area contributed by atoms with Crippen LogP contribution in [0.3, 0.4) is 0 Å². The average Bonchev–Trinajstić information content (AvgIpc) is 3.11. The van der Waals surface area contributed by atoms with E-state index in [9.17, 15) is 14.0 Å². The smallest absolute Gasteiger partial charge is 0.251 e. The van der Waals surface area contributed by atoms with E-state index in [0.717, 1.165) is 5.56 Å². The number of nitrogens with one attached hydrogen (secondary N) is 1. The summed E-state index contributed by atoms with van der Waals surface area (Å²) in [5.74, 6) is -0.0793. The number of benzene rings is 2. The first-order valence-electron chi connectivity index (χ1n) is 9.30. The molecular weight excluding hydrogens is 359 g/mol. The monoisotopic (exact) mass is 384 g/mol. The van der Waals surface area contributed by atoms with Gasteiger partial charge in [-0.1, -0.05) is 12.1 Å². The molecule has 3 atom stereocenters. The van der Waals surface area contributed by atoms with Crippen LogP contribution in [0, 0.1) is 11.7 Å². The van der Waals surface area contributed by atoms with Crippen molar-refractivity contribution >= 4 is 11.8 Å². The van der Waals surface area contributed by atoms with Crippen LogP contribution in [-0.4, -0.2) is 44.0 Å². The van der Waals surface area contributed by atoms with E-state index in [1.165, 1.54) is 12.1 Å². The fraction of sp³-hybridized carbons (Fsp3) is 0.364. The van der Waals surface area contributed by atoms with E-state index in [2.05, 4.69) is 5.32 Å². The van der Waals surface area contributed by atoms with Crippen molar-refractivity contribution in [1.82, 2.24) is 10.2 Å². The molecule has 2 amide bonds. The summed E-state index contributed by atoms with van der Waals surface area (Å²) >= 11 is 0. The largest absolute Gasteiger partial charge is 0.497 e. The van der Waals surface area contributed by atoms with E-state index < -0.39 is 0 Å². The van der Waals surface area contributed by atoms with Gasteiger partial charge in [-0.3, -0.25) is 9.59 Å². The maximum atomic E-state index is 13.3. The van der Waals surface area contributed by atoms with Crippen LogP contribution in [0.4, 0.5) is 4.39 Å². The van der Waals surface area contributed by atoms with Gasteiger partial charge in [-0.05, 0) is 60.7 Å². The first-order chi connectivity index (χ1) is 13.4. The van der Waals surface area contributed by atoms with Crippen molar-refractivity contribution in [3.05, 3.63) is 65.5 Å². The number of hydrogen-bond donors (Lipinski definition) is 1. The molecule has 1 saturated carbocycles. The van der Waals surface area contributed by atoms with Crippen molar-refractivity contribution in [2.75, 3.05) is 21.2 Å². The van der Waals surface area contributed by atoms with Gasteiger partial charge in [-0.2, -0.15) is 0 Å². The first kappa shape index (κ1) is 19.9. The normalized spacial score (nSPS) is 21.2. The number of ether oxygens (including phenoxy) is 1. The van der Waals surface area contributed by atoms with Gasteiger partial charge < -0.3 is 15.0 Å². The summed E-state index contributed by atoms with van der Waals surface area (Å²) in [6.45, 7) is 0. The average molecular weight is 384 g/mol. The summed E-state index contributed by atoms with van der Waals surface area (Å²) in [6, 6.07) is 13.1. The minimum Gasteiger partial charge on any atom is -0.497 e. The number of nitrogens with zero attached hydrogens (tertiary/aromatic N) is 1. The van der Waals surface area contributed by atoms with Gasteiger partial charge in [0, 0.05) is 31.6 Å². The Kier molecular flexibility index (Phi) is 5.97. The Balaban J connectivity index is 1.76. The Bertz CT molecular complexity index is 834. The quantitative estimate of drug-likeness (QED) is 0.861. The second-order valence-corrected chi connectivity index (χ2v) is 7.37. The van der Waals surface area contributed by atoms with E-state index in [1.807, 2.05) is 0 Å². The molecule has 2 aromatic carbocycles. The molecular formula is C22H25FN2O3. The van der Waals surface area contributed by atoms with Crippen molar-refractivity contribution in [2.45, 2.75) is 24.8 Å². The van der Waals surface area contributed by atoms with Crippen LogP contribution in [0.2, 0.25) is 0 Å². The van der Waals surface area contributed by atoms with E-state index in [0.29, 0.717) is 24.2 Å². The zero-order valence-corrected chi connectivity index (χ0v) is 16.3. The molecule has 3 rings (SSSR count). The molecule has 0 spiro atoms. The third-order valence-electron chi connectivity index (χ3n) is 5.31. The molecule has 6 heteroatoms. The first-order valence-corrected chi connectivity index (χ1v) is 9.30. The lowest BCUT2D eigenvalue weighted by molar-refractivity contribution is -0.133. The SMILES string of the molecule is COc1ccc(C(=O)N[C@@H]2C[C@H](C(=O)N(C)C)[C@@H](c3ccc(F)cc3)C2)cc1. The molecule has 28 heavy (non-hydrogen) atoms. The predicted octanol–water partition coefficient (Wildman–Crippen LogP) is 3.21. The van der Waals surface area contributed by atoms with Crippen molar-refractivity contribution in [3.63, 3.8) is 0 Å². The summed E-state index contributed by atoms with van der Waals surface area (Å²) in [4.78, 5) is 26.9. The molecule has 0 radical (unpaired) electrons. The summed E-state index contributed by atoms with van der Waals surface area (Å²) < 4.78 is 18.4. The zero-order chi connectivity index (χ0) is 20.3. The highest BCUT2D eigenvalue weighted by Gasteiger charge is 2.40. The maximum Gasteiger partial charge on any atom is 0.251 e. The van der Waals surface area contributed by atoms with Gasteiger partial charge >= 0.3 is 0 Å². The molecule has 5 nitrogen and oxygen atoms in total. The molecule has 0 unspecified atom stereocenters. The van der Waals surface area contributed by atoms with Crippen LogP contribution >= 0.6 is 0 Å². The number of carbonyl (C=O) groups excluding carboxylic acids is 2. The molecule has 0 heterocycles. The number of amides is 2. The topological polar surface area (TPSA) is 58.6 Å². The Hall–Kier alpha value is -2.89. The number of carbonyl (C=O) groups is 2. The Morgan fingerprint density at radius 2 is 1.68 bits per heavy atom. The lowest BCUT2D eigenvalue weighted by atomic mass is 9.88. The Morgan fingerprint density at radius 3 is 2.25 bits per heavy atom. The maximum absolute atomic E-state index is 13.3. The highest BCUT2D eigenvalue weighted by atomic mass is 19.1. The fourth-order valence-corrected chi connectivity index (χ4v) is 3.85. The molecule has 0 aromatic heterocycles. The van der Waals surface area contributed by atoms with Gasteiger partial charge in [0.1, 0.15) is 11.6 Å². The summed E-state index contributed by atoms with van der Waals surface area (Å²) in [7, 11) is 5.03. The second-order valence-electron chi connectivity index (χ2n) is 7.37. The molecule has 1 N–H and O–H groups in total. The van der Waals surface area contributed by atoms with E-state index in [4.69, 9.17) is 4.74 Å². The van der Waals surface area contributed by atoms with Gasteiger partial charge in [0.25, 0.3) is 5.91 Å². The van der Waals surface area contributed by atoms with Crippen molar-refractivity contribution in [2.24, 2.45) is 5.92 Å². The van der Waals surface area contributed by atoms with E-state index in [1.54, 1.807) is 62.5 Å². The van der Waals surface area contributed by atoms with E-state index in [-0.39, 0.29) is 35.5 Å². The van der Waals surface area contributed by atoms with Gasteiger partial charge in [0.2, 0.25) is 5.91 Å². The van der Waals surface area contributed by atoms with Crippen LogP contribution < -0.4 is 10.1 Å². The van der Waals surface area contributed by atoms with Crippen LogP contribution in [0.1, 0.15) is 34.7 Å². The molecule has 1 fully saturated rings. The number of methoxy groups -OCH3 is 1. The lowest BCUT2D eigenvalue weighted by Gasteiger charge is -2.22. The molecule has 148 valence electrons. The van der Waals surface area contributed by atoms with Gasteiger partial charge in [-0.25, -0.2) is 4.39 Å². The molecule has 0 bridgehead atoms. The third-order valence-corrected chi connectivity index (χ3v) is 5.31. The lowest BCUT2D eigenvalue weighted by Crippen LogP contribution is -2.34. The minimum atomic E-state index is -0.304. The van der Waals surface area contributed by atoms with Crippen LogP contribution in [-0.2, 0) is 4.79 Å². The fourth-order valence-electron chi connectivity index (χ4n) is 3.85. The molecule has 0 aliphatic heterocycles.